The molecule has 150 valence electrons. The Morgan fingerprint density at radius 2 is 2.07 bits per heavy atom. The van der Waals surface area contributed by atoms with Crippen molar-refractivity contribution in [2.45, 2.75) is 50.4 Å². The molecular weight excluding hydrogens is 378 g/mol. The van der Waals surface area contributed by atoms with Gasteiger partial charge in [-0.05, 0) is 38.3 Å². The molecule has 2 heterocycles. The second-order valence-electron chi connectivity index (χ2n) is 6.92. The summed E-state index contributed by atoms with van der Waals surface area (Å²) >= 11 is 1.25. The summed E-state index contributed by atoms with van der Waals surface area (Å²) in [5.74, 6) is -0.124. The van der Waals surface area contributed by atoms with Gasteiger partial charge in [0.05, 0.1) is 30.2 Å². The monoisotopic (exact) mass is 403 g/mol. The molecule has 1 fully saturated rings. The van der Waals surface area contributed by atoms with Gasteiger partial charge in [-0.3, -0.25) is 19.0 Å². The van der Waals surface area contributed by atoms with Crippen molar-refractivity contribution in [2.75, 3.05) is 19.4 Å². The second-order valence-corrected chi connectivity index (χ2v) is 7.86. The number of fused-ring (bicyclic) bond motifs is 1. The lowest BCUT2D eigenvalue weighted by atomic mass is 10.0. The molecule has 1 saturated heterocycles. The Hall–Kier alpha value is -2.35. The number of nitrogens with zero attached hydrogens (tertiary/aromatic N) is 3. The number of aromatic nitrogens is 2. The van der Waals surface area contributed by atoms with Crippen molar-refractivity contribution >= 4 is 34.5 Å². The van der Waals surface area contributed by atoms with E-state index in [2.05, 4.69) is 16.6 Å². The van der Waals surface area contributed by atoms with Crippen molar-refractivity contribution in [1.82, 2.24) is 14.5 Å². The maximum atomic E-state index is 12.9. The number of methoxy groups -OCH3 is 1. The third-order valence-corrected chi connectivity index (χ3v) is 6.00. The molecule has 0 saturated carbocycles. The number of carbonyl (C=O) groups is 2. The van der Waals surface area contributed by atoms with Crippen molar-refractivity contribution in [2.24, 2.45) is 0 Å². The Morgan fingerprint density at radius 3 is 2.82 bits per heavy atom. The van der Waals surface area contributed by atoms with Gasteiger partial charge in [-0.15, -0.1) is 0 Å². The molecule has 1 aliphatic heterocycles. The van der Waals surface area contributed by atoms with Crippen molar-refractivity contribution in [3.05, 3.63) is 34.6 Å². The van der Waals surface area contributed by atoms with Crippen LogP contribution in [0, 0.1) is 0 Å². The van der Waals surface area contributed by atoms with E-state index in [0.717, 1.165) is 25.8 Å². The lowest BCUT2D eigenvalue weighted by molar-refractivity contribution is -0.141. The SMILES string of the molecule is COC(=O)CCn1c(SCC(=O)N2CCCCC2C)nc2ccccc2c1=O. The first kappa shape index (κ1) is 20.4. The summed E-state index contributed by atoms with van der Waals surface area (Å²) in [7, 11) is 1.32. The van der Waals surface area contributed by atoms with Crippen molar-refractivity contribution < 1.29 is 14.3 Å². The van der Waals surface area contributed by atoms with Crippen LogP contribution in [0.4, 0.5) is 0 Å². The predicted molar refractivity (Wildman–Crippen MR) is 108 cm³/mol. The van der Waals surface area contributed by atoms with E-state index < -0.39 is 5.97 Å². The second kappa shape index (κ2) is 9.23. The zero-order valence-corrected chi connectivity index (χ0v) is 17.0. The number of rotatable bonds is 6. The van der Waals surface area contributed by atoms with Crippen LogP contribution < -0.4 is 5.56 Å². The van der Waals surface area contributed by atoms with Crippen LogP contribution in [0.5, 0.6) is 0 Å². The standard InChI is InChI=1S/C20H25N3O4S/c1-14-7-5-6-11-22(14)17(24)13-28-20-21-16-9-4-3-8-15(16)19(26)23(20)12-10-18(25)27-2/h3-4,8-9,14H,5-7,10-13H2,1-2H3. The van der Waals surface area contributed by atoms with Gasteiger partial charge < -0.3 is 9.64 Å². The Kier molecular flexibility index (Phi) is 6.72. The maximum Gasteiger partial charge on any atom is 0.307 e. The molecule has 8 heteroatoms. The number of ether oxygens (including phenoxy) is 1. The van der Waals surface area contributed by atoms with Gasteiger partial charge in [-0.2, -0.15) is 0 Å². The van der Waals surface area contributed by atoms with Gasteiger partial charge in [0.25, 0.3) is 5.56 Å². The van der Waals surface area contributed by atoms with E-state index in [9.17, 15) is 14.4 Å². The fraction of sp³-hybridized carbons (Fsp3) is 0.500. The fourth-order valence-corrected chi connectivity index (χ4v) is 4.35. The van der Waals surface area contributed by atoms with Crippen LogP contribution in [0.15, 0.2) is 34.2 Å². The molecule has 0 N–H and O–H groups in total. The molecule has 2 aromatic rings. The molecule has 0 bridgehead atoms. The van der Waals surface area contributed by atoms with Crippen molar-refractivity contribution in [3.63, 3.8) is 0 Å². The largest absolute Gasteiger partial charge is 0.469 e. The van der Waals surface area contributed by atoms with E-state index in [1.54, 1.807) is 18.2 Å². The summed E-state index contributed by atoms with van der Waals surface area (Å²) < 4.78 is 6.16. The zero-order valence-electron chi connectivity index (χ0n) is 16.2. The van der Waals surface area contributed by atoms with E-state index in [-0.39, 0.29) is 36.2 Å². The summed E-state index contributed by atoms with van der Waals surface area (Å²) in [5.41, 5.74) is 0.374. The molecule has 28 heavy (non-hydrogen) atoms. The molecule has 0 radical (unpaired) electrons. The molecule has 1 atom stereocenters. The number of likely N-dealkylation sites (tertiary alicyclic amines) is 1. The average molecular weight is 404 g/mol. The normalized spacial score (nSPS) is 16.9. The molecule has 7 nitrogen and oxygen atoms in total. The van der Waals surface area contributed by atoms with E-state index in [1.807, 2.05) is 11.0 Å². The molecule has 1 aliphatic rings. The first-order chi connectivity index (χ1) is 13.5. The van der Waals surface area contributed by atoms with E-state index in [1.165, 1.54) is 23.4 Å². The number of esters is 1. The van der Waals surface area contributed by atoms with Gasteiger partial charge in [-0.25, -0.2) is 4.98 Å². The summed E-state index contributed by atoms with van der Waals surface area (Å²) in [6.07, 6.45) is 3.27. The Labute approximate surface area is 168 Å². The highest BCUT2D eigenvalue weighted by Crippen LogP contribution is 2.22. The number of amides is 1. The molecule has 3 rings (SSSR count). The Balaban J connectivity index is 1.84. The Morgan fingerprint density at radius 1 is 1.29 bits per heavy atom. The first-order valence-corrected chi connectivity index (χ1v) is 10.5. The van der Waals surface area contributed by atoms with Crippen LogP contribution in [-0.4, -0.2) is 51.8 Å². The highest BCUT2D eigenvalue weighted by Gasteiger charge is 2.24. The van der Waals surface area contributed by atoms with Gasteiger partial charge in [0.15, 0.2) is 5.16 Å². The third-order valence-electron chi connectivity index (χ3n) is 5.04. The topological polar surface area (TPSA) is 81.5 Å². The van der Waals surface area contributed by atoms with Crippen LogP contribution >= 0.6 is 11.8 Å². The smallest absolute Gasteiger partial charge is 0.307 e. The maximum absolute atomic E-state index is 12.9. The molecule has 0 aliphatic carbocycles. The zero-order chi connectivity index (χ0) is 20.1. The minimum atomic E-state index is -0.394. The number of piperidine rings is 1. The van der Waals surface area contributed by atoms with E-state index in [4.69, 9.17) is 0 Å². The fourth-order valence-electron chi connectivity index (χ4n) is 3.44. The highest BCUT2D eigenvalue weighted by molar-refractivity contribution is 7.99. The number of carbonyl (C=O) groups excluding carboxylic acids is 2. The van der Waals surface area contributed by atoms with Gasteiger partial charge >= 0.3 is 5.97 Å². The van der Waals surface area contributed by atoms with E-state index in [0.29, 0.717) is 16.1 Å². The van der Waals surface area contributed by atoms with Gasteiger partial charge in [-0.1, -0.05) is 23.9 Å². The quantitative estimate of drug-likeness (QED) is 0.419. The van der Waals surface area contributed by atoms with Crippen LogP contribution in [0.25, 0.3) is 10.9 Å². The number of thioether (sulfide) groups is 1. The molecule has 1 aromatic carbocycles. The van der Waals surface area contributed by atoms with Crippen LogP contribution in [0.1, 0.15) is 32.6 Å². The van der Waals surface area contributed by atoms with Crippen molar-refractivity contribution in [3.8, 4) is 0 Å². The van der Waals surface area contributed by atoms with E-state index >= 15 is 0 Å². The average Bonchev–Trinajstić information content (AvgIpc) is 2.71. The summed E-state index contributed by atoms with van der Waals surface area (Å²) in [6.45, 7) is 3.02. The number of para-hydroxylation sites is 1. The molecule has 1 aromatic heterocycles. The molecule has 1 amide bonds. The predicted octanol–water partition coefficient (Wildman–Crippen LogP) is 2.45. The minimum Gasteiger partial charge on any atom is -0.469 e. The molecular formula is C20H25N3O4S. The first-order valence-electron chi connectivity index (χ1n) is 9.50. The van der Waals surface area contributed by atoms with Crippen LogP contribution in [0.2, 0.25) is 0 Å². The molecule has 1 unspecified atom stereocenters. The molecule has 0 spiro atoms. The number of hydrogen-bond acceptors (Lipinski definition) is 6. The van der Waals surface area contributed by atoms with Gasteiger partial charge in [0.2, 0.25) is 5.91 Å². The van der Waals surface area contributed by atoms with Crippen LogP contribution in [0.3, 0.4) is 0 Å². The van der Waals surface area contributed by atoms with Crippen molar-refractivity contribution in [1.29, 1.82) is 0 Å². The highest BCUT2D eigenvalue weighted by atomic mass is 32.2. The van der Waals surface area contributed by atoms with Gasteiger partial charge in [0.1, 0.15) is 0 Å². The van der Waals surface area contributed by atoms with Crippen LogP contribution in [-0.2, 0) is 20.9 Å². The minimum absolute atomic E-state index is 0.0547. The van der Waals surface area contributed by atoms with Gasteiger partial charge in [0, 0.05) is 19.1 Å². The number of benzene rings is 1. The summed E-state index contributed by atoms with van der Waals surface area (Å²) in [6, 6.07) is 7.34. The lowest BCUT2D eigenvalue weighted by Crippen LogP contribution is -2.43. The Bertz CT molecular complexity index is 927. The summed E-state index contributed by atoms with van der Waals surface area (Å²) in [5, 5.41) is 0.943. The summed E-state index contributed by atoms with van der Waals surface area (Å²) in [4.78, 5) is 43.6. The third kappa shape index (κ3) is 4.55. The number of hydrogen-bond donors (Lipinski definition) is 0. The lowest BCUT2D eigenvalue weighted by Gasteiger charge is -2.33.